The van der Waals surface area contributed by atoms with Gasteiger partial charge in [-0.05, 0) is 17.7 Å². The average molecular weight is 362 g/mol. The maximum Gasteiger partial charge on any atom is 0.233 e. The standard InChI is InChI=1S/C18H20F2N4O2/c1-23(2)16-5-6-17(22-21-16)26-14-7-8-24(11-14)18(25)9-12-3-4-13(19)10-15(12)20/h3-6,10,14H,7-9,11H2,1-2H3. The molecule has 0 radical (unpaired) electrons. The Morgan fingerprint density at radius 3 is 2.73 bits per heavy atom. The van der Waals surface area contributed by atoms with Crippen LogP contribution in [0.2, 0.25) is 0 Å². The van der Waals surface area contributed by atoms with E-state index in [1.54, 1.807) is 17.0 Å². The number of carbonyl (C=O) groups excluding carboxylic acids is 1. The molecule has 1 fully saturated rings. The van der Waals surface area contributed by atoms with Gasteiger partial charge in [-0.1, -0.05) is 6.07 Å². The average Bonchev–Trinajstić information content (AvgIpc) is 3.06. The van der Waals surface area contributed by atoms with E-state index < -0.39 is 11.6 Å². The van der Waals surface area contributed by atoms with Gasteiger partial charge in [-0.25, -0.2) is 8.78 Å². The zero-order valence-electron chi connectivity index (χ0n) is 14.7. The third-order valence-electron chi connectivity index (χ3n) is 4.23. The van der Waals surface area contributed by atoms with Crippen LogP contribution in [0.4, 0.5) is 14.6 Å². The highest BCUT2D eigenvalue weighted by molar-refractivity contribution is 5.79. The van der Waals surface area contributed by atoms with E-state index in [0.29, 0.717) is 25.4 Å². The molecule has 1 aromatic carbocycles. The van der Waals surface area contributed by atoms with E-state index in [-0.39, 0.29) is 24.0 Å². The van der Waals surface area contributed by atoms with Crippen LogP contribution >= 0.6 is 0 Å². The summed E-state index contributed by atoms with van der Waals surface area (Å²) in [6.07, 6.45) is 0.377. The van der Waals surface area contributed by atoms with E-state index in [4.69, 9.17) is 4.74 Å². The number of anilines is 1. The van der Waals surface area contributed by atoms with Gasteiger partial charge in [0.1, 0.15) is 17.7 Å². The van der Waals surface area contributed by atoms with Crippen molar-refractivity contribution in [2.75, 3.05) is 32.1 Å². The van der Waals surface area contributed by atoms with Crippen molar-refractivity contribution in [1.29, 1.82) is 0 Å². The second-order valence-corrected chi connectivity index (χ2v) is 6.40. The molecule has 2 aromatic rings. The first-order valence-electron chi connectivity index (χ1n) is 8.32. The smallest absolute Gasteiger partial charge is 0.233 e. The van der Waals surface area contributed by atoms with E-state index >= 15 is 0 Å². The molecule has 8 heteroatoms. The number of likely N-dealkylation sites (tertiary alicyclic amines) is 1. The molecule has 6 nitrogen and oxygen atoms in total. The van der Waals surface area contributed by atoms with Crippen molar-refractivity contribution in [2.45, 2.75) is 18.9 Å². The molecule has 26 heavy (non-hydrogen) atoms. The summed E-state index contributed by atoms with van der Waals surface area (Å²) in [5.41, 5.74) is 0.186. The van der Waals surface area contributed by atoms with Gasteiger partial charge in [0.05, 0.1) is 13.0 Å². The van der Waals surface area contributed by atoms with Crippen molar-refractivity contribution >= 4 is 11.7 Å². The molecule has 3 rings (SSSR count). The van der Waals surface area contributed by atoms with Gasteiger partial charge in [0, 0.05) is 39.2 Å². The minimum Gasteiger partial charge on any atom is -0.471 e. The van der Waals surface area contributed by atoms with Gasteiger partial charge in [-0.2, -0.15) is 0 Å². The van der Waals surface area contributed by atoms with Crippen molar-refractivity contribution in [3.63, 3.8) is 0 Å². The summed E-state index contributed by atoms with van der Waals surface area (Å²) in [6.45, 7) is 0.925. The molecular formula is C18H20F2N4O2. The van der Waals surface area contributed by atoms with Crippen molar-refractivity contribution in [1.82, 2.24) is 15.1 Å². The largest absolute Gasteiger partial charge is 0.471 e. The lowest BCUT2D eigenvalue weighted by atomic mass is 10.1. The zero-order chi connectivity index (χ0) is 18.7. The summed E-state index contributed by atoms with van der Waals surface area (Å²) in [7, 11) is 3.74. The van der Waals surface area contributed by atoms with Crippen LogP contribution in [0.3, 0.4) is 0 Å². The van der Waals surface area contributed by atoms with Gasteiger partial charge in [0.25, 0.3) is 0 Å². The van der Waals surface area contributed by atoms with Crippen molar-refractivity contribution in [2.24, 2.45) is 0 Å². The van der Waals surface area contributed by atoms with E-state index in [1.165, 1.54) is 6.07 Å². The highest BCUT2D eigenvalue weighted by Crippen LogP contribution is 2.19. The van der Waals surface area contributed by atoms with Crippen LogP contribution < -0.4 is 9.64 Å². The highest BCUT2D eigenvalue weighted by atomic mass is 19.1. The van der Waals surface area contributed by atoms with Gasteiger partial charge in [0.2, 0.25) is 11.8 Å². The van der Waals surface area contributed by atoms with Crippen LogP contribution in [-0.4, -0.2) is 54.3 Å². The van der Waals surface area contributed by atoms with Gasteiger partial charge in [0.15, 0.2) is 5.82 Å². The van der Waals surface area contributed by atoms with Crippen LogP contribution in [0, 0.1) is 11.6 Å². The molecule has 0 N–H and O–H groups in total. The number of carbonyl (C=O) groups is 1. The predicted molar refractivity (Wildman–Crippen MR) is 92.0 cm³/mol. The molecule has 1 atom stereocenters. The Hall–Kier alpha value is -2.77. The van der Waals surface area contributed by atoms with Crippen molar-refractivity contribution in [3.8, 4) is 5.88 Å². The molecule has 1 aliphatic heterocycles. The number of aromatic nitrogens is 2. The molecule has 1 aromatic heterocycles. The third kappa shape index (κ3) is 4.25. The lowest BCUT2D eigenvalue weighted by Crippen LogP contribution is -2.32. The van der Waals surface area contributed by atoms with Crippen LogP contribution in [-0.2, 0) is 11.2 Å². The number of ether oxygens (including phenoxy) is 1. The van der Waals surface area contributed by atoms with Crippen LogP contribution in [0.1, 0.15) is 12.0 Å². The number of nitrogens with zero attached hydrogens (tertiary/aromatic N) is 4. The minimum atomic E-state index is -0.707. The molecule has 0 saturated carbocycles. The Labute approximate surface area is 150 Å². The lowest BCUT2D eigenvalue weighted by molar-refractivity contribution is -0.129. The number of hydrogen-bond acceptors (Lipinski definition) is 5. The Morgan fingerprint density at radius 2 is 2.08 bits per heavy atom. The first kappa shape index (κ1) is 18.0. The summed E-state index contributed by atoms with van der Waals surface area (Å²) >= 11 is 0. The fourth-order valence-corrected chi connectivity index (χ4v) is 2.78. The number of amides is 1. The Morgan fingerprint density at radius 1 is 1.27 bits per heavy atom. The maximum atomic E-state index is 13.7. The fraction of sp³-hybridized carbons (Fsp3) is 0.389. The monoisotopic (exact) mass is 362 g/mol. The minimum absolute atomic E-state index is 0.101. The summed E-state index contributed by atoms with van der Waals surface area (Å²) in [6, 6.07) is 6.78. The van der Waals surface area contributed by atoms with E-state index in [2.05, 4.69) is 10.2 Å². The maximum absolute atomic E-state index is 13.7. The first-order chi connectivity index (χ1) is 12.4. The van der Waals surface area contributed by atoms with Gasteiger partial charge in [-0.15, -0.1) is 10.2 Å². The SMILES string of the molecule is CN(C)c1ccc(OC2CCN(C(=O)Cc3ccc(F)cc3F)C2)nn1. The summed E-state index contributed by atoms with van der Waals surface area (Å²) in [5.74, 6) is -0.451. The molecule has 1 amide bonds. The summed E-state index contributed by atoms with van der Waals surface area (Å²) in [4.78, 5) is 15.8. The van der Waals surface area contributed by atoms with Crippen LogP contribution in [0.25, 0.3) is 0 Å². The molecule has 138 valence electrons. The van der Waals surface area contributed by atoms with Gasteiger partial charge in [-0.3, -0.25) is 4.79 Å². The summed E-state index contributed by atoms with van der Waals surface area (Å²) in [5, 5.41) is 8.06. The van der Waals surface area contributed by atoms with E-state index in [9.17, 15) is 13.6 Å². The zero-order valence-corrected chi connectivity index (χ0v) is 14.7. The number of rotatable bonds is 5. The molecule has 1 aliphatic rings. The molecule has 0 bridgehead atoms. The van der Waals surface area contributed by atoms with Gasteiger partial charge < -0.3 is 14.5 Å². The highest BCUT2D eigenvalue weighted by Gasteiger charge is 2.28. The summed E-state index contributed by atoms with van der Waals surface area (Å²) < 4.78 is 32.4. The van der Waals surface area contributed by atoms with Crippen LogP contribution in [0.5, 0.6) is 5.88 Å². The van der Waals surface area contributed by atoms with E-state index in [0.717, 1.165) is 18.0 Å². The van der Waals surface area contributed by atoms with Crippen molar-refractivity contribution < 1.29 is 18.3 Å². The molecule has 1 unspecified atom stereocenters. The molecule has 0 aliphatic carbocycles. The topological polar surface area (TPSA) is 58.6 Å². The molecule has 1 saturated heterocycles. The Kier molecular flexibility index (Phi) is 5.29. The Balaban J connectivity index is 1.55. The second-order valence-electron chi connectivity index (χ2n) is 6.40. The normalized spacial score (nSPS) is 16.6. The molecule has 0 spiro atoms. The van der Waals surface area contributed by atoms with Gasteiger partial charge >= 0.3 is 0 Å². The molecular weight excluding hydrogens is 342 g/mol. The first-order valence-corrected chi connectivity index (χ1v) is 8.32. The third-order valence-corrected chi connectivity index (χ3v) is 4.23. The predicted octanol–water partition coefficient (Wildman–Crippen LogP) is 2.04. The molecule has 2 heterocycles. The second kappa shape index (κ2) is 7.63. The van der Waals surface area contributed by atoms with E-state index in [1.807, 2.05) is 19.0 Å². The number of hydrogen-bond donors (Lipinski definition) is 0. The number of benzene rings is 1. The Bertz CT molecular complexity index is 783. The van der Waals surface area contributed by atoms with Crippen LogP contribution in [0.15, 0.2) is 30.3 Å². The quantitative estimate of drug-likeness (QED) is 0.815. The number of halogens is 2. The lowest BCUT2D eigenvalue weighted by Gasteiger charge is -2.17. The fourth-order valence-electron chi connectivity index (χ4n) is 2.78. The van der Waals surface area contributed by atoms with Crippen molar-refractivity contribution in [3.05, 3.63) is 47.5 Å².